The van der Waals surface area contributed by atoms with Gasteiger partial charge < -0.3 is 5.11 Å². The number of aliphatic hydroxyl groups is 1. The maximum Gasteiger partial charge on any atom is 0.331 e. The molecule has 24 heavy (non-hydrogen) atoms. The van der Waals surface area contributed by atoms with Crippen LogP contribution < -0.4 is 8.61 Å². The minimum Gasteiger partial charge on any atom is -0.393 e. The predicted molar refractivity (Wildman–Crippen MR) is 92.2 cm³/mol. The molecule has 0 aromatic heterocycles. The van der Waals surface area contributed by atoms with Crippen molar-refractivity contribution >= 4 is 27.3 Å². The van der Waals surface area contributed by atoms with Gasteiger partial charge >= 0.3 is 10.2 Å². The van der Waals surface area contributed by atoms with Crippen molar-refractivity contribution in [3.05, 3.63) is 54.3 Å². The van der Waals surface area contributed by atoms with Crippen LogP contribution in [-0.4, -0.2) is 26.2 Å². The Morgan fingerprint density at radius 3 is 2.25 bits per heavy atom. The van der Waals surface area contributed by atoms with Crippen LogP contribution in [0.15, 0.2) is 48.5 Å². The summed E-state index contributed by atoms with van der Waals surface area (Å²) in [5, 5.41) is 9.77. The van der Waals surface area contributed by atoms with E-state index in [1.807, 2.05) is 6.92 Å². The molecule has 1 N–H and O–H groups in total. The minimum absolute atomic E-state index is 0.0107. The van der Waals surface area contributed by atoms with Crippen LogP contribution in [0.25, 0.3) is 0 Å². The lowest BCUT2D eigenvalue weighted by atomic mass is 10.2. The summed E-state index contributed by atoms with van der Waals surface area (Å²) < 4.78 is 42.5. The van der Waals surface area contributed by atoms with E-state index in [-0.39, 0.29) is 12.2 Å². The van der Waals surface area contributed by atoms with Gasteiger partial charge in [0.1, 0.15) is 5.82 Å². The van der Waals surface area contributed by atoms with Gasteiger partial charge in [0.15, 0.2) is 0 Å². The van der Waals surface area contributed by atoms with Crippen molar-refractivity contribution < 1.29 is 17.9 Å². The zero-order chi connectivity index (χ0) is 17.3. The third kappa shape index (κ3) is 2.74. The van der Waals surface area contributed by atoms with E-state index < -0.39 is 22.1 Å². The number of para-hydroxylation sites is 3. The molecule has 0 saturated carbocycles. The summed E-state index contributed by atoms with van der Waals surface area (Å²) in [5.74, 6) is -0.605. The lowest BCUT2D eigenvalue weighted by Crippen LogP contribution is -2.37. The van der Waals surface area contributed by atoms with Gasteiger partial charge in [-0.05, 0) is 37.1 Å². The first-order chi connectivity index (χ1) is 11.5. The minimum atomic E-state index is -3.95. The number of aliphatic hydroxyl groups excluding tert-OH is 1. The number of fused-ring (bicyclic) bond motifs is 1. The Labute approximate surface area is 141 Å². The van der Waals surface area contributed by atoms with Gasteiger partial charge in [0.25, 0.3) is 0 Å². The number of hydrogen-bond donors (Lipinski definition) is 1. The molecule has 1 aliphatic heterocycles. The topological polar surface area (TPSA) is 60.9 Å². The predicted octanol–water partition coefficient (Wildman–Crippen LogP) is 3.19. The molecule has 2 aromatic carbocycles. The third-order valence-corrected chi connectivity index (χ3v) is 5.88. The number of halogens is 1. The van der Waals surface area contributed by atoms with Gasteiger partial charge in [-0.15, -0.1) is 0 Å². The Bertz CT molecular complexity index is 841. The van der Waals surface area contributed by atoms with Crippen molar-refractivity contribution in [2.75, 3.05) is 15.2 Å². The van der Waals surface area contributed by atoms with Gasteiger partial charge in [-0.2, -0.15) is 8.42 Å². The summed E-state index contributed by atoms with van der Waals surface area (Å²) in [6, 6.07) is 12.6. The monoisotopic (exact) mass is 350 g/mol. The van der Waals surface area contributed by atoms with E-state index in [9.17, 15) is 17.9 Å². The van der Waals surface area contributed by atoms with Crippen molar-refractivity contribution in [3.63, 3.8) is 0 Å². The Kier molecular flexibility index (Phi) is 4.47. The number of rotatable bonds is 5. The highest BCUT2D eigenvalue weighted by molar-refractivity contribution is 7.95. The van der Waals surface area contributed by atoms with Crippen molar-refractivity contribution in [2.45, 2.75) is 25.9 Å². The highest BCUT2D eigenvalue weighted by Gasteiger charge is 2.41. The van der Waals surface area contributed by atoms with E-state index in [0.717, 1.165) is 4.31 Å². The van der Waals surface area contributed by atoms with Gasteiger partial charge in [0, 0.05) is 6.54 Å². The van der Waals surface area contributed by atoms with Crippen LogP contribution in [0.3, 0.4) is 0 Å². The smallest absolute Gasteiger partial charge is 0.331 e. The Balaban J connectivity index is 2.07. The Morgan fingerprint density at radius 2 is 1.62 bits per heavy atom. The first kappa shape index (κ1) is 16.7. The quantitative estimate of drug-likeness (QED) is 0.901. The fourth-order valence-electron chi connectivity index (χ4n) is 2.77. The van der Waals surface area contributed by atoms with E-state index in [2.05, 4.69) is 0 Å². The third-order valence-electron chi connectivity index (χ3n) is 4.09. The summed E-state index contributed by atoms with van der Waals surface area (Å²) in [6.45, 7) is 1.97. The average Bonchev–Trinajstić information content (AvgIpc) is 2.79. The summed E-state index contributed by atoms with van der Waals surface area (Å²) in [5.41, 5.74) is 0.890. The largest absolute Gasteiger partial charge is 0.393 e. The highest BCUT2D eigenvalue weighted by Crippen LogP contribution is 2.45. The van der Waals surface area contributed by atoms with Gasteiger partial charge in [-0.3, -0.25) is 4.31 Å². The number of benzene rings is 2. The SMILES string of the molecule is CC[C@H](O)CCN1c2ccccc2N(c2ccccc2F)S1(=O)=O. The first-order valence-corrected chi connectivity index (χ1v) is 9.21. The molecule has 5 nitrogen and oxygen atoms in total. The number of hydrogen-bond acceptors (Lipinski definition) is 3. The van der Waals surface area contributed by atoms with E-state index in [0.29, 0.717) is 24.2 Å². The van der Waals surface area contributed by atoms with Crippen molar-refractivity contribution in [3.8, 4) is 0 Å². The average molecular weight is 350 g/mol. The molecule has 3 rings (SSSR count). The van der Waals surface area contributed by atoms with Crippen LogP contribution in [-0.2, 0) is 10.2 Å². The second-order valence-electron chi connectivity index (χ2n) is 5.64. The molecule has 0 fully saturated rings. The second-order valence-corrected chi connectivity index (χ2v) is 7.34. The van der Waals surface area contributed by atoms with Crippen LogP contribution in [0.2, 0.25) is 0 Å². The van der Waals surface area contributed by atoms with Crippen molar-refractivity contribution in [2.24, 2.45) is 0 Å². The van der Waals surface area contributed by atoms with E-state index in [1.54, 1.807) is 30.3 Å². The number of nitrogens with zero attached hydrogens (tertiary/aromatic N) is 2. The number of anilines is 3. The zero-order valence-corrected chi connectivity index (χ0v) is 14.1. The summed E-state index contributed by atoms with van der Waals surface area (Å²) >= 11 is 0. The molecule has 128 valence electrons. The van der Waals surface area contributed by atoms with Crippen LogP contribution in [0.4, 0.5) is 21.5 Å². The second kappa shape index (κ2) is 6.41. The van der Waals surface area contributed by atoms with Gasteiger partial charge in [-0.25, -0.2) is 8.70 Å². The summed E-state index contributed by atoms with van der Waals surface area (Å²) in [6.07, 6.45) is 0.289. The molecule has 2 aromatic rings. The fraction of sp³-hybridized carbons (Fsp3) is 0.294. The molecular formula is C17H19FN2O3S. The zero-order valence-electron chi connectivity index (χ0n) is 13.3. The van der Waals surface area contributed by atoms with Crippen LogP contribution in [0.1, 0.15) is 19.8 Å². The Hall–Kier alpha value is -2.12. The molecule has 1 atom stereocenters. The van der Waals surface area contributed by atoms with Crippen LogP contribution in [0, 0.1) is 5.82 Å². The standard InChI is InChI=1S/C17H19FN2O3S/c1-2-13(21)11-12-19-16-9-5-6-10-17(16)20(24(19,22)23)15-8-4-3-7-14(15)18/h3-10,13,21H,2,11-12H2,1H3/t13-/m0/s1. The molecule has 0 radical (unpaired) electrons. The maximum atomic E-state index is 14.2. The molecule has 0 spiro atoms. The van der Waals surface area contributed by atoms with Crippen LogP contribution in [0.5, 0.6) is 0 Å². The fourth-order valence-corrected chi connectivity index (χ4v) is 4.51. The molecule has 0 unspecified atom stereocenters. The lowest BCUT2D eigenvalue weighted by molar-refractivity contribution is 0.163. The normalized spacial score (nSPS) is 17.0. The Morgan fingerprint density at radius 1 is 1.04 bits per heavy atom. The van der Waals surface area contributed by atoms with Gasteiger partial charge in [0.05, 0.1) is 23.2 Å². The maximum absolute atomic E-state index is 14.2. The highest BCUT2D eigenvalue weighted by atomic mass is 32.2. The summed E-state index contributed by atoms with van der Waals surface area (Å²) in [7, 11) is -3.95. The summed E-state index contributed by atoms with van der Waals surface area (Å²) in [4.78, 5) is 0. The molecule has 0 saturated heterocycles. The van der Waals surface area contributed by atoms with E-state index in [1.165, 1.54) is 22.5 Å². The van der Waals surface area contributed by atoms with Crippen molar-refractivity contribution in [1.29, 1.82) is 0 Å². The molecule has 7 heteroatoms. The van der Waals surface area contributed by atoms with Crippen molar-refractivity contribution in [1.82, 2.24) is 0 Å². The molecule has 1 aliphatic rings. The molecular weight excluding hydrogens is 331 g/mol. The van der Waals surface area contributed by atoms with Gasteiger partial charge in [0.2, 0.25) is 0 Å². The van der Waals surface area contributed by atoms with Gasteiger partial charge in [-0.1, -0.05) is 31.2 Å². The molecule has 0 aliphatic carbocycles. The van der Waals surface area contributed by atoms with E-state index >= 15 is 0 Å². The first-order valence-electron chi connectivity index (χ1n) is 7.81. The molecule has 0 amide bonds. The molecule has 0 bridgehead atoms. The molecule has 1 heterocycles. The lowest BCUT2D eigenvalue weighted by Gasteiger charge is -2.22. The van der Waals surface area contributed by atoms with E-state index in [4.69, 9.17) is 0 Å². The van der Waals surface area contributed by atoms with Crippen LogP contribution >= 0.6 is 0 Å².